The largest absolute Gasteiger partial charge is 0.490 e. The fraction of sp³-hybridized carbons (Fsp3) is 0.571. The van der Waals surface area contributed by atoms with Crippen molar-refractivity contribution in [3.63, 3.8) is 0 Å². The number of alkyl halides is 3. The predicted octanol–water partition coefficient (Wildman–Crippen LogP) is -0.0361. The molecule has 0 saturated carbocycles. The van der Waals surface area contributed by atoms with Gasteiger partial charge in [-0.1, -0.05) is 4.80 Å². The molecule has 0 bridgehead atoms. The molecule has 1 fully saturated rings. The molecule has 0 unspecified atom stereocenters. The van der Waals surface area contributed by atoms with E-state index in [2.05, 4.69) is 15.5 Å². The Balaban J connectivity index is 0.000000224. The summed E-state index contributed by atoms with van der Waals surface area (Å²) in [6.07, 6.45) is -3.92. The van der Waals surface area contributed by atoms with Gasteiger partial charge in [-0.25, -0.2) is 4.79 Å². The average molecular weight is 283 g/mol. The number of hydrogen-bond acceptors (Lipinski definition) is 6. The van der Waals surface area contributed by atoms with Crippen LogP contribution in [0.4, 0.5) is 19.0 Å². The Bertz CT molecular complexity index is 470. The van der Waals surface area contributed by atoms with E-state index in [9.17, 15) is 23.3 Å². The number of aromatic nitrogens is 3. The van der Waals surface area contributed by atoms with Crippen molar-refractivity contribution in [3.05, 3.63) is 16.3 Å². The Hall–Kier alpha value is -2.24. The first kappa shape index (κ1) is 14.8. The van der Waals surface area contributed by atoms with Gasteiger partial charge in [0.2, 0.25) is 0 Å². The monoisotopic (exact) mass is 283 g/mol. The molecule has 0 aliphatic carbocycles. The van der Waals surface area contributed by atoms with Crippen molar-refractivity contribution in [2.75, 3.05) is 13.1 Å². The number of rotatable bonds is 2. The maximum atomic E-state index is 10.6. The van der Waals surface area contributed by atoms with Crippen molar-refractivity contribution in [2.24, 2.45) is 0 Å². The number of carboxylic acid groups (broad SMARTS) is 1. The van der Waals surface area contributed by atoms with E-state index < -0.39 is 17.1 Å². The normalized spacial score (nSPS) is 15.1. The summed E-state index contributed by atoms with van der Waals surface area (Å²) < 4.78 is 31.7. The molecule has 1 aliphatic heterocycles. The fourth-order valence-electron chi connectivity index (χ4n) is 0.964. The minimum Gasteiger partial charge on any atom is -0.475 e. The van der Waals surface area contributed by atoms with Gasteiger partial charge in [0.05, 0.1) is 5.10 Å². The van der Waals surface area contributed by atoms with E-state index in [-0.39, 0.29) is 11.9 Å². The van der Waals surface area contributed by atoms with Crippen LogP contribution in [0.2, 0.25) is 0 Å². The maximum Gasteiger partial charge on any atom is 0.490 e. The van der Waals surface area contributed by atoms with Gasteiger partial charge in [-0.2, -0.15) is 13.2 Å². The van der Waals surface area contributed by atoms with Gasteiger partial charge in [-0.15, -0.1) is 5.10 Å². The molecule has 106 valence electrons. The van der Waals surface area contributed by atoms with Gasteiger partial charge in [0, 0.05) is 13.1 Å². The molecule has 0 radical (unpaired) electrons. The van der Waals surface area contributed by atoms with Gasteiger partial charge in [-0.3, -0.25) is 0 Å². The summed E-state index contributed by atoms with van der Waals surface area (Å²) in [4.78, 5) is 20.0. The SMILES string of the molecule is O=C(O)C(F)(F)F.O=[N+]([O-])c1cnn(C2CNC2)n1. The smallest absolute Gasteiger partial charge is 0.475 e. The Morgan fingerprint density at radius 3 is 2.37 bits per heavy atom. The molecular formula is C7H8F3N5O4. The molecule has 0 amide bonds. The quantitative estimate of drug-likeness (QED) is 0.576. The number of carbonyl (C=O) groups is 1. The molecule has 0 spiro atoms. The van der Waals surface area contributed by atoms with E-state index in [1.165, 1.54) is 11.0 Å². The van der Waals surface area contributed by atoms with Crippen molar-refractivity contribution >= 4 is 11.8 Å². The van der Waals surface area contributed by atoms with Crippen LogP contribution in [0, 0.1) is 10.1 Å². The molecule has 1 aromatic rings. The first-order valence-corrected chi connectivity index (χ1v) is 4.79. The van der Waals surface area contributed by atoms with Crippen molar-refractivity contribution in [1.29, 1.82) is 0 Å². The fourth-order valence-corrected chi connectivity index (χ4v) is 0.964. The molecule has 0 aromatic carbocycles. The zero-order chi connectivity index (χ0) is 14.6. The first-order chi connectivity index (χ1) is 8.71. The minimum absolute atomic E-state index is 0.179. The summed E-state index contributed by atoms with van der Waals surface area (Å²) in [5.41, 5.74) is 0. The molecule has 2 N–H and O–H groups in total. The van der Waals surface area contributed by atoms with Crippen LogP contribution >= 0.6 is 0 Å². The van der Waals surface area contributed by atoms with Crippen LogP contribution in [0.15, 0.2) is 6.20 Å². The highest BCUT2D eigenvalue weighted by molar-refractivity contribution is 5.73. The molecule has 2 heterocycles. The Morgan fingerprint density at radius 1 is 1.58 bits per heavy atom. The van der Waals surface area contributed by atoms with E-state index >= 15 is 0 Å². The highest BCUT2D eigenvalue weighted by Gasteiger charge is 2.38. The Labute approximate surface area is 103 Å². The van der Waals surface area contributed by atoms with E-state index in [0.717, 1.165) is 13.1 Å². The summed E-state index contributed by atoms with van der Waals surface area (Å²) in [6, 6.07) is 0.179. The lowest BCUT2D eigenvalue weighted by Crippen LogP contribution is -2.44. The number of nitrogens with one attached hydrogen (secondary N) is 1. The molecule has 1 aliphatic rings. The molecular weight excluding hydrogens is 275 g/mol. The number of aliphatic carboxylic acids is 1. The van der Waals surface area contributed by atoms with E-state index in [4.69, 9.17) is 9.90 Å². The molecule has 1 saturated heterocycles. The molecule has 9 nitrogen and oxygen atoms in total. The third kappa shape index (κ3) is 4.17. The number of halogens is 3. The van der Waals surface area contributed by atoms with Gasteiger partial charge in [0.15, 0.2) is 6.20 Å². The second-order valence-corrected chi connectivity index (χ2v) is 3.40. The van der Waals surface area contributed by atoms with Crippen molar-refractivity contribution < 1.29 is 28.0 Å². The minimum atomic E-state index is -5.08. The highest BCUT2D eigenvalue weighted by Crippen LogP contribution is 2.13. The average Bonchev–Trinajstić information content (AvgIpc) is 2.63. The highest BCUT2D eigenvalue weighted by atomic mass is 19.4. The second-order valence-electron chi connectivity index (χ2n) is 3.40. The third-order valence-electron chi connectivity index (χ3n) is 2.01. The van der Waals surface area contributed by atoms with Crippen LogP contribution in [0.1, 0.15) is 6.04 Å². The summed E-state index contributed by atoms with van der Waals surface area (Å²) in [7, 11) is 0. The van der Waals surface area contributed by atoms with Crippen molar-refractivity contribution in [2.45, 2.75) is 12.2 Å². The van der Waals surface area contributed by atoms with Crippen molar-refractivity contribution in [3.8, 4) is 0 Å². The van der Waals surface area contributed by atoms with Gasteiger partial charge >= 0.3 is 18.0 Å². The lowest BCUT2D eigenvalue weighted by Gasteiger charge is -2.22. The van der Waals surface area contributed by atoms with Crippen molar-refractivity contribution in [1.82, 2.24) is 20.3 Å². The zero-order valence-electron chi connectivity index (χ0n) is 9.16. The van der Waals surface area contributed by atoms with Gasteiger partial charge in [0.1, 0.15) is 6.04 Å². The van der Waals surface area contributed by atoms with Crippen LogP contribution in [0.3, 0.4) is 0 Å². The van der Waals surface area contributed by atoms with Gasteiger partial charge < -0.3 is 20.5 Å². The Morgan fingerprint density at radius 2 is 2.11 bits per heavy atom. The topological polar surface area (TPSA) is 123 Å². The lowest BCUT2D eigenvalue weighted by molar-refractivity contribution is -0.389. The molecule has 19 heavy (non-hydrogen) atoms. The summed E-state index contributed by atoms with van der Waals surface area (Å²) in [5, 5.41) is 27.9. The number of nitrogens with zero attached hydrogens (tertiary/aromatic N) is 4. The summed E-state index contributed by atoms with van der Waals surface area (Å²) >= 11 is 0. The number of nitro groups is 1. The summed E-state index contributed by atoms with van der Waals surface area (Å²) in [6.45, 7) is 1.57. The van der Waals surface area contributed by atoms with Crippen LogP contribution in [0.5, 0.6) is 0 Å². The zero-order valence-corrected chi connectivity index (χ0v) is 9.16. The van der Waals surface area contributed by atoms with Crippen LogP contribution in [0.25, 0.3) is 0 Å². The van der Waals surface area contributed by atoms with E-state index in [1.54, 1.807) is 0 Å². The van der Waals surface area contributed by atoms with Gasteiger partial charge in [-0.05, 0) is 4.92 Å². The first-order valence-electron chi connectivity index (χ1n) is 4.79. The van der Waals surface area contributed by atoms with Crippen LogP contribution in [-0.4, -0.2) is 50.3 Å². The second kappa shape index (κ2) is 5.60. The molecule has 1 aromatic heterocycles. The van der Waals surface area contributed by atoms with Gasteiger partial charge in [0.25, 0.3) is 0 Å². The lowest BCUT2D eigenvalue weighted by atomic mass is 10.2. The molecule has 2 rings (SSSR count). The number of carboxylic acids is 1. The van der Waals surface area contributed by atoms with E-state index in [0.29, 0.717) is 0 Å². The van der Waals surface area contributed by atoms with Crippen LogP contribution in [-0.2, 0) is 4.79 Å². The maximum absolute atomic E-state index is 10.6. The predicted molar refractivity (Wildman–Crippen MR) is 52.3 cm³/mol. The Kier molecular flexibility index (Phi) is 4.37. The van der Waals surface area contributed by atoms with E-state index in [1.807, 2.05) is 0 Å². The standard InChI is InChI=1S/C5H7N5O2.C2HF3O2/c11-10(12)5-3-7-9(8-5)4-1-6-2-4;3-2(4,5)1(6)7/h3-4,6H,1-2H2;(H,6,7). The third-order valence-corrected chi connectivity index (χ3v) is 2.01. The van der Waals surface area contributed by atoms with Crippen LogP contribution < -0.4 is 5.32 Å². The number of hydrogen-bond donors (Lipinski definition) is 2. The molecule has 0 atom stereocenters. The summed E-state index contributed by atoms with van der Waals surface area (Å²) in [5.74, 6) is -2.95. The molecule has 12 heteroatoms.